The van der Waals surface area contributed by atoms with Crippen molar-refractivity contribution in [2.45, 2.75) is 21.5 Å². The molecule has 0 fully saturated rings. The maximum Gasteiger partial charge on any atom is 0.284 e. The van der Waals surface area contributed by atoms with E-state index in [0.717, 1.165) is 29.0 Å². The maximum atomic E-state index is 11.6. The van der Waals surface area contributed by atoms with Crippen LogP contribution in [-0.4, -0.2) is 39.8 Å². The summed E-state index contributed by atoms with van der Waals surface area (Å²) in [5.74, 6) is 0. The van der Waals surface area contributed by atoms with Gasteiger partial charge in [-0.1, -0.05) is 6.07 Å². The molecule has 0 amide bonds. The van der Waals surface area contributed by atoms with Crippen LogP contribution in [0.25, 0.3) is 0 Å². The predicted molar refractivity (Wildman–Crippen MR) is 91.6 cm³/mol. The molecule has 2 heterocycles. The summed E-state index contributed by atoms with van der Waals surface area (Å²) in [5.41, 5.74) is -0.307. The van der Waals surface area contributed by atoms with Crippen LogP contribution in [0.2, 0.25) is 0 Å². The fourth-order valence-corrected chi connectivity index (χ4v) is 4.16. The smallest absolute Gasteiger partial charge is 0.258 e. The Kier molecular flexibility index (Phi) is 4.83. The van der Waals surface area contributed by atoms with Crippen molar-refractivity contribution in [1.82, 2.24) is 20.2 Å². The minimum atomic E-state index is -3.54. The molecular weight excluding hydrogens is 386 g/mol. The molecule has 3 rings (SSSR count). The van der Waals surface area contributed by atoms with Gasteiger partial charge in [0.2, 0.25) is 5.16 Å². The Bertz CT molecular complexity index is 1010. The molecule has 0 saturated heterocycles. The summed E-state index contributed by atoms with van der Waals surface area (Å²) in [4.78, 5) is 11.9. The molecule has 0 radical (unpaired) electrons. The van der Waals surface area contributed by atoms with Crippen molar-refractivity contribution in [3.63, 3.8) is 0 Å². The molecule has 3 aromatic rings. The van der Waals surface area contributed by atoms with Crippen LogP contribution in [0.1, 0.15) is 4.88 Å². The molecule has 25 heavy (non-hydrogen) atoms. The quantitative estimate of drug-likeness (QED) is 0.459. The first-order valence-electron chi connectivity index (χ1n) is 6.79. The average molecular weight is 397 g/mol. The van der Waals surface area contributed by atoms with Gasteiger partial charge in [-0.05, 0) is 45.8 Å². The van der Waals surface area contributed by atoms with E-state index >= 15 is 0 Å². The van der Waals surface area contributed by atoms with Crippen LogP contribution in [0.3, 0.4) is 0 Å². The topological polar surface area (TPSA) is 121 Å². The highest BCUT2D eigenvalue weighted by atomic mass is 32.2. The standard InChI is InChI=1S/C13H11N5O4S3/c1-25(21,22)10-4-5-12(11(7-10)18(19)20)24-13-14-15-16-17(13)8-9-3-2-6-23-9/h2-7H,8H2,1H3. The van der Waals surface area contributed by atoms with Crippen molar-refractivity contribution in [1.29, 1.82) is 0 Å². The molecule has 0 aliphatic rings. The van der Waals surface area contributed by atoms with Crippen molar-refractivity contribution in [2.75, 3.05) is 6.26 Å². The summed E-state index contributed by atoms with van der Waals surface area (Å²) >= 11 is 2.56. The molecule has 12 heteroatoms. The second-order valence-electron chi connectivity index (χ2n) is 4.96. The molecule has 130 valence electrons. The van der Waals surface area contributed by atoms with Gasteiger partial charge in [0, 0.05) is 17.2 Å². The third-order valence-corrected chi connectivity index (χ3v) is 6.15. The van der Waals surface area contributed by atoms with E-state index in [1.807, 2.05) is 17.5 Å². The number of nitro groups is 1. The van der Waals surface area contributed by atoms with E-state index in [2.05, 4.69) is 15.5 Å². The van der Waals surface area contributed by atoms with Crippen molar-refractivity contribution < 1.29 is 13.3 Å². The molecule has 2 aromatic heterocycles. The van der Waals surface area contributed by atoms with Crippen LogP contribution in [0.4, 0.5) is 5.69 Å². The van der Waals surface area contributed by atoms with Gasteiger partial charge in [-0.15, -0.1) is 16.4 Å². The Morgan fingerprint density at radius 2 is 2.16 bits per heavy atom. The summed E-state index contributed by atoms with van der Waals surface area (Å²) in [5, 5.41) is 25.0. The molecule has 9 nitrogen and oxygen atoms in total. The summed E-state index contributed by atoms with van der Waals surface area (Å²) < 4.78 is 24.7. The van der Waals surface area contributed by atoms with Gasteiger partial charge < -0.3 is 0 Å². The SMILES string of the molecule is CS(=O)(=O)c1ccc(Sc2nnnn2Cc2cccs2)c([N+](=O)[O-])c1. The normalized spacial score (nSPS) is 11.6. The third-order valence-electron chi connectivity index (χ3n) is 3.14. The van der Waals surface area contributed by atoms with E-state index in [4.69, 9.17) is 0 Å². The van der Waals surface area contributed by atoms with Gasteiger partial charge in [0.15, 0.2) is 9.84 Å². The lowest BCUT2D eigenvalue weighted by Crippen LogP contribution is -2.03. The van der Waals surface area contributed by atoms with Crippen molar-refractivity contribution in [3.8, 4) is 0 Å². The predicted octanol–water partition coefficient (Wildman–Crippen LogP) is 2.25. The van der Waals surface area contributed by atoms with Crippen LogP contribution in [0.15, 0.2) is 50.7 Å². The summed E-state index contributed by atoms with van der Waals surface area (Å²) in [6.07, 6.45) is 1.00. The number of thiophene rings is 1. The Morgan fingerprint density at radius 1 is 1.36 bits per heavy atom. The van der Waals surface area contributed by atoms with E-state index in [1.165, 1.54) is 16.8 Å². The van der Waals surface area contributed by atoms with Crippen LogP contribution in [-0.2, 0) is 16.4 Å². The minimum Gasteiger partial charge on any atom is -0.258 e. The van der Waals surface area contributed by atoms with Gasteiger partial charge in [0.05, 0.1) is 21.3 Å². The van der Waals surface area contributed by atoms with Crippen LogP contribution in [0.5, 0.6) is 0 Å². The summed E-state index contributed by atoms with van der Waals surface area (Å²) in [7, 11) is -3.54. The Balaban J connectivity index is 1.93. The fraction of sp³-hybridized carbons (Fsp3) is 0.154. The zero-order valence-electron chi connectivity index (χ0n) is 12.8. The van der Waals surface area contributed by atoms with Gasteiger partial charge in [0.1, 0.15) is 0 Å². The highest BCUT2D eigenvalue weighted by Crippen LogP contribution is 2.35. The van der Waals surface area contributed by atoms with Crippen LogP contribution >= 0.6 is 23.1 Å². The number of rotatable bonds is 6. The molecule has 0 saturated carbocycles. The van der Waals surface area contributed by atoms with E-state index in [9.17, 15) is 18.5 Å². The second-order valence-corrected chi connectivity index (χ2v) is 9.02. The second kappa shape index (κ2) is 6.90. The van der Waals surface area contributed by atoms with Crippen LogP contribution in [0, 0.1) is 10.1 Å². The number of tetrazole rings is 1. The Hall–Kier alpha value is -2.31. The molecule has 1 aromatic carbocycles. The van der Waals surface area contributed by atoms with Gasteiger partial charge >= 0.3 is 0 Å². The zero-order chi connectivity index (χ0) is 18.0. The molecule has 0 aliphatic carbocycles. The first-order valence-corrected chi connectivity index (χ1v) is 10.4. The summed E-state index contributed by atoms with van der Waals surface area (Å²) in [6.45, 7) is 0.447. The lowest BCUT2D eigenvalue weighted by molar-refractivity contribution is -0.388. The van der Waals surface area contributed by atoms with E-state index in [0.29, 0.717) is 11.7 Å². The number of nitro benzene ring substituents is 1. The zero-order valence-corrected chi connectivity index (χ0v) is 15.2. The Morgan fingerprint density at radius 3 is 2.80 bits per heavy atom. The number of aromatic nitrogens is 4. The molecule has 0 N–H and O–H groups in total. The van der Waals surface area contributed by atoms with Gasteiger partial charge in [-0.25, -0.2) is 13.1 Å². The lowest BCUT2D eigenvalue weighted by atomic mass is 10.3. The molecule has 0 aliphatic heterocycles. The number of benzene rings is 1. The van der Waals surface area contributed by atoms with Crippen molar-refractivity contribution in [2.24, 2.45) is 0 Å². The molecular formula is C13H11N5O4S3. The lowest BCUT2D eigenvalue weighted by Gasteiger charge is -2.05. The van der Waals surface area contributed by atoms with E-state index in [1.54, 1.807) is 11.3 Å². The maximum absolute atomic E-state index is 11.6. The molecule has 0 unspecified atom stereocenters. The van der Waals surface area contributed by atoms with Gasteiger partial charge in [-0.3, -0.25) is 10.1 Å². The number of sulfone groups is 1. The fourth-order valence-electron chi connectivity index (χ4n) is 1.97. The van der Waals surface area contributed by atoms with Crippen LogP contribution < -0.4 is 0 Å². The van der Waals surface area contributed by atoms with Gasteiger partial charge in [0.25, 0.3) is 5.69 Å². The van der Waals surface area contributed by atoms with Gasteiger partial charge in [-0.2, -0.15) is 0 Å². The molecule has 0 bridgehead atoms. The minimum absolute atomic E-state index is 0.110. The Labute approximate surface area is 150 Å². The highest BCUT2D eigenvalue weighted by molar-refractivity contribution is 7.99. The molecule has 0 spiro atoms. The van der Waals surface area contributed by atoms with E-state index < -0.39 is 14.8 Å². The first-order chi connectivity index (χ1) is 11.8. The summed E-state index contributed by atoms with van der Waals surface area (Å²) in [6, 6.07) is 7.61. The van der Waals surface area contributed by atoms with Crippen molar-refractivity contribution in [3.05, 3.63) is 50.7 Å². The number of hydrogen-bond donors (Lipinski definition) is 0. The first kappa shape index (κ1) is 17.5. The number of nitrogens with zero attached hydrogens (tertiary/aromatic N) is 5. The van der Waals surface area contributed by atoms with Crippen molar-refractivity contribution >= 4 is 38.6 Å². The highest BCUT2D eigenvalue weighted by Gasteiger charge is 2.21. The average Bonchev–Trinajstić information content (AvgIpc) is 3.19. The van der Waals surface area contributed by atoms with E-state index in [-0.39, 0.29) is 15.5 Å². The largest absolute Gasteiger partial charge is 0.284 e. The number of hydrogen-bond acceptors (Lipinski definition) is 9. The monoisotopic (exact) mass is 397 g/mol. The molecule has 0 atom stereocenters. The third kappa shape index (κ3) is 4.03.